The van der Waals surface area contributed by atoms with Gasteiger partial charge in [-0.3, -0.25) is 9.20 Å². The molecular formula is C18H16F3N3O2. The minimum Gasteiger partial charge on any atom is -0.495 e. The Morgan fingerprint density at radius 1 is 1.23 bits per heavy atom. The first-order valence-corrected chi connectivity index (χ1v) is 7.87. The quantitative estimate of drug-likeness (QED) is 0.757. The van der Waals surface area contributed by atoms with E-state index in [1.54, 1.807) is 31.2 Å². The number of anilines is 1. The molecule has 0 unspecified atom stereocenters. The second kappa shape index (κ2) is 6.70. The predicted molar refractivity (Wildman–Crippen MR) is 90.5 cm³/mol. The van der Waals surface area contributed by atoms with Crippen LogP contribution >= 0.6 is 0 Å². The summed E-state index contributed by atoms with van der Waals surface area (Å²) in [7, 11) is 1.46. The van der Waals surface area contributed by atoms with Crippen molar-refractivity contribution in [3.05, 3.63) is 59.5 Å². The second-order valence-electron chi connectivity index (χ2n) is 5.56. The third-order valence-electron chi connectivity index (χ3n) is 3.92. The number of carbonyl (C=O) groups is 1. The van der Waals surface area contributed by atoms with E-state index in [2.05, 4.69) is 10.3 Å². The highest BCUT2D eigenvalue weighted by molar-refractivity contribution is 6.05. The van der Waals surface area contributed by atoms with Crippen LogP contribution in [0.3, 0.4) is 0 Å². The summed E-state index contributed by atoms with van der Waals surface area (Å²) in [4.78, 5) is 17.1. The van der Waals surface area contributed by atoms with Gasteiger partial charge in [0, 0.05) is 6.20 Å². The van der Waals surface area contributed by atoms with Crippen molar-refractivity contribution in [2.75, 3.05) is 12.4 Å². The number of methoxy groups -OCH3 is 1. The van der Waals surface area contributed by atoms with Gasteiger partial charge in [-0.05, 0) is 30.7 Å². The fraction of sp³-hybridized carbons (Fsp3) is 0.222. The number of para-hydroxylation sites is 2. The molecule has 3 rings (SSSR count). The SMILES string of the molecule is CCc1nc2ccc(C(F)(F)F)cn2c1C(=O)Nc1ccccc1OC. The van der Waals surface area contributed by atoms with Crippen LogP contribution in [-0.4, -0.2) is 22.4 Å². The van der Waals surface area contributed by atoms with E-state index >= 15 is 0 Å². The molecule has 0 bridgehead atoms. The van der Waals surface area contributed by atoms with Gasteiger partial charge in [-0.15, -0.1) is 0 Å². The van der Waals surface area contributed by atoms with Crippen LogP contribution in [0.4, 0.5) is 18.9 Å². The molecule has 2 heterocycles. The van der Waals surface area contributed by atoms with Crippen molar-refractivity contribution in [3.63, 3.8) is 0 Å². The maximum atomic E-state index is 13.0. The predicted octanol–water partition coefficient (Wildman–Crippen LogP) is 4.18. The van der Waals surface area contributed by atoms with E-state index in [9.17, 15) is 18.0 Å². The van der Waals surface area contributed by atoms with Gasteiger partial charge in [0.25, 0.3) is 5.91 Å². The Bertz CT molecular complexity index is 964. The number of benzene rings is 1. The van der Waals surface area contributed by atoms with E-state index in [1.165, 1.54) is 17.6 Å². The van der Waals surface area contributed by atoms with Gasteiger partial charge in [-0.2, -0.15) is 13.2 Å². The van der Waals surface area contributed by atoms with Crippen LogP contribution in [-0.2, 0) is 12.6 Å². The number of aromatic nitrogens is 2. The molecule has 0 saturated carbocycles. The number of aryl methyl sites for hydroxylation is 1. The standard InChI is InChI=1S/C18H16F3N3O2/c1-3-12-16(17(25)23-13-6-4-5-7-14(13)26-2)24-10-11(18(19,20)21)8-9-15(24)22-12/h4-10H,3H2,1-2H3,(H,23,25). The molecule has 0 spiro atoms. The molecule has 0 aliphatic rings. The minimum atomic E-state index is -4.51. The smallest absolute Gasteiger partial charge is 0.417 e. The van der Waals surface area contributed by atoms with Crippen molar-refractivity contribution in [1.29, 1.82) is 0 Å². The van der Waals surface area contributed by atoms with E-state index in [1.807, 2.05) is 0 Å². The van der Waals surface area contributed by atoms with Gasteiger partial charge < -0.3 is 10.1 Å². The number of hydrogen-bond donors (Lipinski definition) is 1. The topological polar surface area (TPSA) is 55.6 Å². The molecule has 8 heteroatoms. The van der Waals surface area contributed by atoms with Crippen molar-refractivity contribution >= 4 is 17.2 Å². The molecule has 1 aromatic carbocycles. The Kier molecular flexibility index (Phi) is 4.58. The van der Waals surface area contributed by atoms with Gasteiger partial charge in [-0.25, -0.2) is 4.98 Å². The van der Waals surface area contributed by atoms with Crippen LogP contribution in [0.25, 0.3) is 5.65 Å². The molecule has 136 valence electrons. The zero-order valence-electron chi connectivity index (χ0n) is 14.1. The molecule has 5 nitrogen and oxygen atoms in total. The molecule has 0 saturated heterocycles. The van der Waals surface area contributed by atoms with Gasteiger partial charge >= 0.3 is 6.18 Å². The lowest BCUT2D eigenvalue weighted by atomic mass is 10.2. The van der Waals surface area contributed by atoms with Crippen LogP contribution < -0.4 is 10.1 Å². The van der Waals surface area contributed by atoms with Crippen LogP contribution in [0.5, 0.6) is 5.75 Å². The van der Waals surface area contributed by atoms with Crippen molar-refractivity contribution in [2.45, 2.75) is 19.5 Å². The number of halogens is 3. The minimum absolute atomic E-state index is 0.0690. The number of nitrogens with one attached hydrogen (secondary N) is 1. The molecule has 0 aliphatic heterocycles. The summed E-state index contributed by atoms with van der Waals surface area (Å²) in [5, 5.41) is 2.68. The number of rotatable bonds is 4. The summed E-state index contributed by atoms with van der Waals surface area (Å²) >= 11 is 0. The number of hydrogen-bond acceptors (Lipinski definition) is 3. The molecule has 1 amide bonds. The first-order chi connectivity index (χ1) is 12.3. The molecule has 1 N–H and O–H groups in total. The van der Waals surface area contributed by atoms with Crippen LogP contribution in [0.2, 0.25) is 0 Å². The first-order valence-electron chi connectivity index (χ1n) is 7.87. The maximum absolute atomic E-state index is 13.0. The Labute approximate surface area is 147 Å². The van der Waals surface area contributed by atoms with E-state index in [0.717, 1.165) is 12.3 Å². The van der Waals surface area contributed by atoms with E-state index in [4.69, 9.17) is 4.74 Å². The van der Waals surface area contributed by atoms with Crippen molar-refractivity contribution < 1.29 is 22.7 Å². The third kappa shape index (κ3) is 3.22. The van der Waals surface area contributed by atoms with Crippen LogP contribution in [0, 0.1) is 0 Å². The molecule has 0 aliphatic carbocycles. The van der Waals surface area contributed by atoms with Gasteiger partial charge in [0.05, 0.1) is 24.1 Å². The van der Waals surface area contributed by atoms with Gasteiger partial charge in [-0.1, -0.05) is 19.1 Å². The van der Waals surface area contributed by atoms with Crippen molar-refractivity contribution in [2.24, 2.45) is 0 Å². The van der Waals surface area contributed by atoms with Gasteiger partial charge in [0.15, 0.2) is 0 Å². The van der Waals surface area contributed by atoms with Gasteiger partial charge in [0.2, 0.25) is 0 Å². The molecule has 3 aromatic rings. The summed E-state index contributed by atoms with van der Waals surface area (Å²) in [6.07, 6.45) is -3.22. The summed E-state index contributed by atoms with van der Waals surface area (Å²) < 4.78 is 45.5. The number of alkyl halides is 3. The normalized spacial score (nSPS) is 11.6. The molecule has 0 atom stereocenters. The summed E-state index contributed by atoms with van der Waals surface area (Å²) in [5.41, 5.74) is 0.330. The van der Waals surface area contributed by atoms with Crippen LogP contribution in [0.15, 0.2) is 42.6 Å². The van der Waals surface area contributed by atoms with E-state index in [0.29, 0.717) is 23.6 Å². The molecule has 0 radical (unpaired) electrons. The van der Waals surface area contributed by atoms with Gasteiger partial charge in [0.1, 0.15) is 17.1 Å². The number of ether oxygens (including phenoxy) is 1. The molecular weight excluding hydrogens is 347 g/mol. The Hall–Kier alpha value is -3.03. The lowest BCUT2D eigenvalue weighted by Gasteiger charge is -2.11. The summed E-state index contributed by atoms with van der Waals surface area (Å²) in [6.45, 7) is 1.78. The fourth-order valence-electron chi connectivity index (χ4n) is 2.68. The zero-order chi connectivity index (χ0) is 18.9. The Morgan fingerprint density at radius 3 is 2.62 bits per heavy atom. The number of imidazole rings is 1. The number of carbonyl (C=O) groups excluding carboxylic acids is 1. The molecule has 2 aromatic heterocycles. The zero-order valence-corrected chi connectivity index (χ0v) is 14.1. The Balaban J connectivity index is 2.08. The maximum Gasteiger partial charge on any atom is 0.417 e. The highest BCUT2D eigenvalue weighted by Crippen LogP contribution is 2.30. The molecule has 26 heavy (non-hydrogen) atoms. The average molecular weight is 363 g/mol. The summed E-state index contributed by atoms with van der Waals surface area (Å²) in [5.74, 6) is -0.109. The lowest BCUT2D eigenvalue weighted by Crippen LogP contribution is -2.17. The Morgan fingerprint density at radius 2 is 1.96 bits per heavy atom. The summed E-state index contributed by atoms with van der Waals surface area (Å²) in [6, 6.07) is 8.98. The lowest BCUT2D eigenvalue weighted by molar-refractivity contribution is -0.137. The van der Waals surface area contributed by atoms with Crippen molar-refractivity contribution in [3.8, 4) is 5.75 Å². The first kappa shape index (κ1) is 17.8. The highest BCUT2D eigenvalue weighted by Gasteiger charge is 2.32. The highest BCUT2D eigenvalue weighted by atomic mass is 19.4. The number of pyridine rings is 1. The number of nitrogens with zero attached hydrogens (tertiary/aromatic N) is 2. The third-order valence-corrected chi connectivity index (χ3v) is 3.92. The van der Waals surface area contributed by atoms with E-state index in [-0.39, 0.29) is 11.3 Å². The van der Waals surface area contributed by atoms with Crippen LogP contribution in [0.1, 0.15) is 28.7 Å². The number of amides is 1. The second-order valence-corrected chi connectivity index (χ2v) is 5.56. The molecule has 0 fully saturated rings. The fourth-order valence-corrected chi connectivity index (χ4v) is 2.68. The van der Waals surface area contributed by atoms with E-state index < -0.39 is 17.6 Å². The monoisotopic (exact) mass is 363 g/mol. The average Bonchev–Trinajstić information content (AvgIpc) is 2.99. The largest absolute Gasteiger partial charge is 0.495 e. The number of fused-ring (bicyclic) bond motifs is 1. The van der Waals surface area contributed by atoms with Crippen molar-refractivity contribution in [1.82, 2.24) is 9.38 Å².